The molecule has 0 rings (SSSR count). The van der Waals surface area contributed by atoms with Crippen molar-refractivity contribution in [3.8, 4) is 0 Å². The maximum Gasteiger partial charge on any atom is 0.466 e. The number of hydrogen-bond donors (Lipinski definition) is 4. The van der Waals surface area contributed by atoms with E-state index in [9.17, 15) is 9.59 Å². The molecule has 0 heterocycles. The Hall–Kier alpha value is -1.21. The Labute approximate surface area is 97.8 Å². The van der Waals surface area contributed by atoms with Gasteiger partial charge < -0.3 is 24.5 Å². The van der Waals surface area contributed by atoms with Crippen LogP contribution in [0, 0.1) is 0 Å². The number of aliphatic carboxylic acids is 1. The molecule has 0 radical (unpaired) electrons. The molecule has 0 saturated carbocycles. The average Bonchev–Trinajstić information content (AvgIpc) is 2.08. The third-order valence-corrected chi connectivity index (χ3v) is 1.12. The summed E-state index contributed by atoms with van der Waals surface area (Å²) in [6.07, 6.45) is 0.359. The molecule has 0 aliphatic heterocycles. The molecule has 100 valence electrons. The molecule has 17 heavy (non-hydrogen) atoms. The predicted molar refractivity (Wildman–Crippen MR) is 56.9 cm³/mol. The molecular weight excluding hydrogens is 255 g/mol. The van der Waals surface area contributed by atoms with E-state index in [-0.39, 0.29) is 13.0 Å². The third-order valence-electron chi connectivity index (χ3n) is 1.12. The summed E-state index contributed by atoms with van der Waals surface area (Å²) in [5.41, 5.74) is 0.324. The van der Waals surface area contributed by atoms with Crippen LogP contribution >= 0.6 is 7.82 Å². The Morgan fingerprint density at radius 3 is 2.00 bits per heavy atom. The zero-order valence-corrected chi connectivity index (χ0v) is 10.1. The zero-order chi connectivity index (χ0) is 14.1. The summed E-state index contributed by atoms with van der Waals surface area (Å²) in [6.45, 7) is 5.06. The van der Waals surface area contributed by atoms with Crippen LogP contribution in [0.4, 0.5) is 0 Å². The minimum Gasteiger partial charge on any atom is -0.481 e. The normalized spacial score (nSPS) is 9.88. The molecule has 0 spiro atoms. The van der Waals surface area contributed by atoms with E-state index in [1.807, 2.05) is 0 Å². The number of carbonyl (C=O) groups is 2. The maximum atomic E-state index is 10.7. The van der Waals surface area contributed by atoms with Gasteiger partial charge >= 0.3 is 19.8 Å². The van der Waals surface area contributed by atoms with Gasteiger partial charge in [-0.25, -0.2) is 9.36 Å². The number of hydrogen-bond acceptors (Lipinski definition) is 4. The van der Waals surface area contributed by atoms with Gasteiger partial charge in [0.1, 0.15) is 0 Å². The smallest absolute Gasteiger partial charge is 0.466 e. The van der Waals surface area contributed by atoms with E-state index in [0.717, 1.165) is 0 Å². The summed E-state index contributed by atoms with van der Waals surface area (Å²) in [5, 5.41) is 8.23. The van der Waals surface area contributed by atoms with E-state index in [1.54, 1.807) is 6.92 Å². The topological polar surface area (TPSA) is 141 Å². The summed E-state index contributed by atoms with van der Waals surface area (Å²) in [5.74, 6) is -1.36. The van der Waals surface area contributed by atoms with Crippen molar-refractivity contribution in [2.75, 3.05) is 6.61 Å². The second-order valence-electron chi connectivity index (χ2n) is 2.93. The average molecular weight is 270 g/mol. The van der Waals surface area contributed by atoms with Gasteiger partial charge in [0, 0.05) is 12.0 Å². The van der Waals surface area contributed by atoms with Crippen LogP contribution in [-0.4, -0.2) is 38.3 Å². The van der Waals surface area contributed by atoms with E-state index in [2.05, 4.69) is 11.3 Å². The van der Waals surface area contributed by atoms with Crippen LogP contribution in [0.25, 0.3) is 0 Å². The summed E-state index contributed by atoms with van der Waals surface area (Å²) in [7, 11) is -4.64. The van der Waals surface area contributed by atoms with Crippen LogP contribution in [0.5, 0.6) is 0 Å². The highest BCUT2D eigenvalue weighted by molar-refractivity contribution is 7.45. The van der Waals surface area contributed by atoms with Crippen LogP contribution in [0.3, 0.4) is 0 Å². The van der Waals surface area contributed by atoms with Gasteiger partial charge in [0.05, 0.1) is 6.61 Å². The van der Waals surface area contributed by atoms with E-state index in [4.69, 9.17) is 24.4 Å². The largest absolute Gasteiger partial charge is 0.481 e. The number of carboxylic acid groups (broad SMARTS) is 1. The Balaban J connectivity index is 0. The van der Waals surface area contributed by atoms with Gasteiger partial charge in [0.2, 0.25) is 0 Å². The minimum absolute atomic E-state index is 0.0173. The first-order valence-corrected chi connectivity index (χ1v) is 5.93. The number of rotatable bonds is 5. The van der Waals surface area contributed by atoms with Crippen LogP contribution in [0.2, 0.25) is 0 Å². The molecule has 0 aromatic rings. The third kappa shape index (κ3) is 25.2. The molecule has 0 aromatic heterocycles. The molecule has 8 nitrogen and oxygen atoms in total. The molecule has 0 aliphatic carbocycles. The van der Waals surface area contributed by atoms with E-state index in [1.165, 1.54) is 0 Å². The number of carboxylic acids is 1. The van der Waals surface area contributed by atoms with Crippen molar-refractivity contribution >= 4 is 19.8 Å². The highest BCUT2D eigenvalue weighted by atomic mass is 31.2. The Morgan fingerprint density at radius 1 is 1.29 bits per heavy atom. The van der Waals surface area contributed by atoms with Gasteiger partial charge in [-0.3, -0.25) is 4.79 Å². The lowest BCUT2D eigenvalue weighted by Gasteiger charge is -2.01. The van der Waals surface area contributed by atoms with Gasteiger partial charge in [0.15, 0.2) is 0 Å². The quantitative estimate of drug-likeness (QED) is 0.237. The van der Waals surface area contributed by atoms with E-state index in [0.29, 0.717) is 12.0 Å². The zero-order valence-electron chi connectivity index (χ0n) is 9.20. The first kappa shape index (κ1) is 18.2. The molecule has 0 fully saturated rings. The van der Waals surface area contributed by atoms with Gasteiger partial charge in [-0.1, -0.05) is 6.58 Å². The predicted octanol–water partition coefficient (Wildman–Crippen LogP) is 0.0419. The molecule has 0 saturated heterocycles. The standard InChI is InChI=1S/C8H12O4.H3O4P/c1-6(2)8(11)12-5-3-4-7(9)10;1-5(2,3)4/h1,3-5H2,2H3,(H,9,10);(H3,1,2,3,4). The molecule has 0 aliphatic rings. The molecule has 4 N–H and O–H groups in total. The lowest BCUT2D eigenvalue weighted by Crippen LogP contribution is -2.07. The van der Waals surface area contributed by atoms with Crippen molar-refractivity contribution in [2.45, 2.75) is 19.8 Å². The molecule has 0 amide bonds. The molecule has 0 unspecified atom stereocenters. The number of carbonyl (C=O) groups excluding carboxylic acids is 1. The molecular formula is C8H15O8P. The van der Waals surface area contributed by atoms with E-state index < -0.39 is 19.8 Å². The Bertz CT molecular complexity index is 309. The summed E-state index contributed by atoms with van der Waals surface area (Å²) < 4.78 is 13.5. The van der Waals surface area contributed by atoms with Crippen molar-refractivity contribution in [1.29, 1.82) is 0 Å². The first-order chi connectivity index (χ1) is 7.54. The molecule has 0 atom stereocenters. The number of ether oxygens (including phenoxy) is 1. The number of esters is 1. The van der Waals surface area contributed by atoms with E-state index >= 15 is 0 Å². The number of phosphoric acid groups is 1. The second kappa shape index (κ2) is 8.89. The Morgan fingerprint density at radius 2 is 1.71 bits per heavy atom. The highest BCUT2D eigenvalue weighted by Gasteiger charge is 2.03. The van der Waals surface area contributed by atoms with Crippen LogP contribution in [0.1, 0.15) is 19.8 Å². The fourth-order valence-electron chi connectivity index (χ4n) is 0.511. The summed E-state index contributed by atoms with van der Waals surface area (Å²) in [4.78, 5) is 42.3. The van der Waals surface area contributed by atoms with Crippen molar-refractivity contribution in [3.05, 3.63) is 12.2 Å². The summed E-state index contributed by atoms with van der Waals surface area (Å²) >= 11 is 0. The fraction of sp³-hybridized carbons (Fsp3) is 0.500. The van der Waals surface area contributed by atoms with Crippen molar-refractivity contribution in [3.63, 3.8) is 0 Å². The van der Waals surface area contributed by atoms with Gasteiger partial charge in [-0.15, -0.1) is 0 Å². The molecule has 9 heteroatoms. The molecule has 0 bridgehead atoms. The Kier molecular flexibility index (Phi) is 9.49. The highest BCUT2D eigenvalue weighted by Crippen LogP contribution is 2.25. The monoisotopic (exact) mass is 270 g/mol. The summed E-state index contributed by atoms with van der Waals surface area (Å²) in [6, 6.07) is 0. The maximum absolute atomic E-state index is 10.7. The van der Waals surface area contributed by atoms with Crippen molar-refractivity contribution in [1.82, 2.24) is 0 Å². The van der Waals surface area contributed by atoms with Gasteiger partial charge in [0.25, 0.3) is 0 Å². The lowest BCUT2D eigenvalue weighted by molar-refractivity contribution is -0.142. The van der Waals surface area contributed by atoms with Crippen LogP contribution < -0.4 is 0 Å². The lowest BCUT2D eigenvalue weighted by atomic mass is 10.3. The SMILES string of the molecule is C=C(C)C(=O)OCCCC(=O)O.O=P(O)(O)O. The van der Waals surface area contributed by atoms with Crippen molar-refractivity contribution < 1.29 is 38.7 Å². The van der Waals surface area contributed by atoms with Crippen LogP contribution in [-0.2, 0) is 18.9 Å². The van der Waals surface area contributed by atoms with Crippen molar-refractivity contribution in [2.24, 2.45) is 0 Å². The molecule has 0 aromatic carbocycles. The van der Waals surface area contributed by atoms with Gasteiger partial charge in [-0.05, 0) is 13.3 Å². The van der Waals surface area contributed by atoms with Crippen LogP contribution in [0.15, 0.2) is 12.2 Å². The second-order valence-corrected chi connectivity index (χ2v) is 3.95. The van der Waals surface area contributed by atoms with Gasteiger partial charge in [-0.2, -0.15) is 0 Å². The fourth-order valence-corrected chi connectivity index (χ4v) is 0.511. The minimum atomic E-state index is -4.64. The first-order valence-electron chi connectivity index (χ1n) is 4.36.